The highest BCUT2D eigenvalue weighted by Gasteiger charge is 2.42. The van der Waals surface area contributed by atoms with Crippen molar-refractivity contribution in [2.75, 3.05) is 6.61 Å². The van der Waals surface area contributed by atoms with Crippen LogP contribution in [-0.2, 0) is 9.47 Å². The van der Waals surface area contributed by atoms with Gasteiger partial charge < -0.3 is 24.8 Å². The van der Waals surface area contributed by atoms with Gasteiger partial charge in [-0.05, 0) is 13.3 Å². The van der Waals surface area contributed by atoms with Crippen LogP contribution in [0.15, 0.2) is 0 Å². The van der Waals surface area contributed by atoms with Gasteiger partial charge in [0.1, 0.15) is 18.3 Å². The zero-order chi connectivity index (χ0) is 12.1. The smallest absolute Gasteiger partial charge is 0.186 e. The Hall–Kier alpha value is -0.200. The molecule has 0 spiro atoms. The summed E-state index contributed by atoms with van der Waals surface area (Å²) in [6.07, 6.45) is -1.78. The summed E-state index contributed by atoms with van der Waals surface area (Å²) in [7, 11) is 0. The third-order valence-electron chi connectivity index (χ3n) is 2.84. The summed E-state index contributed by atoms with van der Waals surface area (Å²) in [5.74, 6) is 0. The van der Waals surface area contributed by atoms with Crippen LogP contribution in [0, 0.1) is 0 Å². The number of hydrogen-bond donors (Lipinski definition) is 3. The first kappa shape index (κ1) is 13.9. The normalized spacial score (nSPS) is 39.9. The standard InChI is InChI=1S/C11H22O5/c1-3-4-5-6-15-11-10(14)9(13)8(12)7(2)16-11/h7-14H,3-6H2,1-2H3/t7-,8-,9+,10+,11-/m0/s1. The lowest BCUT2D eigenvalue weighted by atomic mass is 10.0. The van der Waals surface area contributed by atoms with E-state index in [2.05, 4.69) is 6.92 Å². The van der Waals surface area contributed by atoms with E-state index in [1.807, 2.05) is 0 Å². The van der Waals surface area contributed by atoms with E-state index in [0.29, 0.717) is 6.61 Å². The quantitative estimate of drug-likeness (QED) is 0.584. The molecule has 3 N–H and O–H groups in total. The van der Waals surface area contributed by atoms with E-state index in [1.165, 1.54) is 0 Å². The molecule has 5 atom stereocenters. The number of ether oxygens (including phenoxy) is 2. The maximum absolute atomic E-state index is 9.62. The fraction of sp³-hybridized carbons (Fsp3) is 1.00. The molecule has 0 aromatic rings. The van der Waals surface area contributed by atoms with Gasteiger partial charge >= 0.3 is 0 Å². The number of aliphatic hydroxyl groups excluding tert-OH is 3. The minimum Gasteiger partial charge on any atom is -0.388 e. The lowest BCUT2D eigenvalue weighted by Gasteiger charge is -2.38. The van der Waals surface area contributed by atoms with Crippen LogP contribution in [-0.4, -0.2) is 52.6 Å². The van der Waals surface area contributed by atoms with Gasteiger partial charge in [0.05, 0.1) is 6.10 Å². The Kier molecular flexibility index (Phi) is 5.64. The van der Waals surface area contributed by atoms with Gasteiger partial charge in [0.25, 0.3) is 0 Å². The van der Waals surface area contributed by atoms with Crippen molar-refractivity contribution >= 4 is 0 Å². The van der Waals surface area contributed by atoms with E-state index < -0.39 is 30.7 Å². The second-order valence-corrected chi connectivity index (χ2v) is 4.26. The van der Waals surface area contributed by atoms with Gasteiger partial charge in [0.15, 0.2) is 6.29 Å². The summed E-state index contributed by atoms with van der Waals surface area (Å²) >= 11 is 0. The van der Waals surface area contributed by atoms with Crippen LogP contribution in [0.4, 0.5) is 0 Å². The number of aliphatic hydroxyl groups is 3. The Morgan fingerprint density at radius 3 is 2.38 bits per heavy atom. The van der Waals surface area contributed by atoms with E-state index >= 15 is 0 Å². The Bertz CT molecular complexity index is 199. The summed E-state index contributed by atoms with van der Waals surface area (Å²) < 4.78 is 10.6. The lowest BCUT2D eigenvalue weighted by molar-refractivity contribution is -0.293. The fourth-order valence-electron chi connectivity index (χ4n) is 1.70. The van der Waals surface area contributed by atoms with Crippen LogP contribution < -0.4 is 0 Å². The van der Waals surface area contributed by atoms with Crippen molar-refractivity contribution in [1.82, 2.24) is 0 Å². The van der Waals surface area contributed by atoms with Gasteiger partial charge in [-0.1, -0.05) is 19.8 Å². The number of hydrogen-bond acceptors (Lipinski definition) is 5. The largest absolute Gasteiger partial charge is 0.388 e. The average Bonchev–Trinajstić information content (AvgIpc) is 2.28. The van der Waals surface area contributed by atoms with E-state index in [-0.39, 0.29) is 0 Å². The molecule has 0 amide bonds. The molecule has 96 valence electrons. The Balaban J connectivity index is 2.35. The second kappa shape index (κ2) is 6.51. The van der Waals surface area contributed by atoms with Crippen molar-refractivity contribution < 1.29 is 24.8 Å². The predicted molar refractivity (Wildman–Crippen MR) is 57.8 cm³/mol. The molecule has 1 fully saturated rings. The fourth-order valence-corrected chi connectivity index (χ4v) is 1.70. The minimum atomic E-state index is -1.21. The van der Waals surface area contributed by atoms with Crippen LogP contribution >= 0.6 is 0 Å². The summed E-state index contributed by atoms with van der Waals surface area (Å²) in [4.78, 5) is 0. The summed E-state index contributed by atoms with van der Waals surface area (Å²) in [6, 6.07) is 0. The van der Waals surface area contributed by atoms with E-state index in [0.717, 1.165) is 19.3 Å². The molecule has 1 aliphatic heterocycles. The zero-order valence-electron chi connectivity index (χ0n) is 9.87. The van der Waals surface area contributed by atoms with Crippen LogP contribution in [0.3, 0.4) is 0 Å². The highest BCUT2D eigenvalue weighted by molar-refractivity contribution is 4.87. The average molecular weight is 234 g/mol. The van der Waals surface area contributed by atoms with E-state index in [4.69, 9.17) is 9.47 Å². The van der Waals surface area contributed by atoms with Crippen molar-refractivity contribution in [2.45, 2.75) is 63.8 Å². The third-order valence-corrected chi connectivity index (χ3v) is 2.84. The highest BCUT2D eigenvalue weighted by atomic mass is 16.7. The molecule has 0 radical (unpaired) electrons. The van der Waals surface area contributed by atoms with Gasteiger partial charge in [0, 0.05) is 6.61 Å². The summed E-state index contributed by atoms with van der Waals surface area (Å²) in [6.45, 7) is 4.22. The molecular weight excluding hydrogens is 212 g/mol. The highest BCUT2D eigenvalue weighted by Crippen LogP contribution is 2.21. The van der Waals surface area contributed by atoms with Gasteiger partial charge in [-0.2, -0.15) is 0 Å². The molecule has 1 saturated heterocycles. The number of rotatable bonds is 5. The molecular formula is C11H22O5. The predicted octanol–water partition coefficient (Wildman–Crippen LogP) is 0.0207. The third kappa shape index (κ3) is 3.40. The van der Waals surface area contributed by atoms with Crippen molar-refractivity contribution in [2.24, 2.45) is 0 Å². The first-order valence-electron chi connectivity index (χ1n) is 5.89. The Morgan fingerprint density at radius 1 is 1.06 bits per heavy atom. The second-order valence-electron chi connectivity index (χ2n) is 4.26. The topological polar surface area (TPSA) is 79.2 Å². The molecule has 5 nitrogen and oxygen atoms in total. The molecule has 0 aliphatic carbocycles. The minimum absolute atomic E-state index is 0.491. The van der Waals surface area contributed by atoms with Crippen molar-refractivity contribution in [3.8, 4) is 0 Å². The molecule has 0 aromatic heterocycles. The van der Waals surface area contributed by atoms with E-state index in [9.17, 15) is 15.3 Å². The van der Waals surface area contributed by atoms with Gasteiger partial charge in [0.2, 0.25) is 0 Å². The van der Waals surface area contributed by atoms with Crippen molar-refractivity contribution in [3.63, 3.8) is 0 Å². The molecule has 0 aromatic carbocycles. The van der Waals surface area contributed by atoms with Gasteiger partial charge in [-0.15, -0.1) is 0 Å². The SMILES string of the molecule is CCCCCO[C@H]1O[C@@H](C)[C@H](O)[C@@H](O)[C@H]1O. The Labute approximate surface area is 96.0 Å². The van der Waals surface area contributed by atoms with Crippen molar-refractivity contribution in [3.05, 3.63) is 0 Å². The van der Waals surface area contributed by atoms with Crippen molar-refractivity contribution in [1.29, 1.82) is 0 Å². The molecule has 0 bridgehead atoms. The summed E-state index contributed by atoms with van der Waals surface area (Å²) in [5, 5.41) is 28.6. The maximum atomic E-state index is 9.62. The molecule has 0 unspecified atom stereocenters. The van der Waals surface area contributed by atoms with Gasteiger partial charge in [-0.25, -0.2) is 0 Å². The molecule has 16 heavy (non-hydrogen) atoms. The number of unbranched alkanes of at least 4 members (excludes halogenated alkanes) is 2. The molecule has 1 aliphatic rings. The molecule has 0 saturated carbocycles. The van der Waals surface area contributed by atoms with Crippen LogP contribution in [0.25, 0.3) is 0 Å². The first-order chi connectivity index (χ1) is 7.57. The lowest BCUT2D eigenvalue weighted by Crippen LogP contribution is -2.57. The van der Waals surface area contributed by atoms with Crippen LogP contribution in [0.2, 0.25) is 0 Å². The van der Waals surface area contributed by atoms with E-state index in [1.54, 1.807) is 6.92 Å². The monoisotopic (exact) mass is 234 g/mol. The maximum Gasteiger partial charge on any atom is 0.186 e. The van der Waals surface area contributed by atoms with Gasteiger partial charge in [-0.3, -0.25) is 0 Å². The molecule has 5 heteroatoms. The van der Waals surface area contributed by atoms with Crippen LogP contribution in [0.1, 0.15) is 33.1 Å². The van der Waals surface area contributed by atoms with Crippen LogP contribution in [0.5, 0.6) is 0 Å². The molecule has 1 rings (SSSR count). The Morgan fingerprint density at radius 2 is 1.75 bits per heavy atom. The molecule has 1 heterocycles. The first-order valence-corrected chi connectivity index (χ1v) is 5.89. The summed E-state index contributed by atoms with van der Waals surface area (Å²) in [5.41, 5.74) is 0. The zero-order valence-corrected chi connectivity index (χ0v) is 9.87.